The number of benzene rings is 2. The van der Waals surface area contributed by atoms with E-state index in [1.165, 1.54) is 19.5 Å². The van der Waals surface area contributed by atoms with Crippen LogP contribution < -0.4 is 20.1 Å². The molecule has 0 aliphatic rings. The first-order chi connectivity index (χ1) is 13.1. The zero-order valence-electron chi connectivity index (χ0n) is 14.7. The minimum Gasteiger partial charge on any atom is -0.495 e. The highest BCUT2D eigenvalue weighted by Crippen LogP contribution is 2.29. The molecule has 1 heterocycles. The number of carbonyl (C=O) groups is 1. The average Bonchev–Trinajstić information content (AvgIpc) is 2.69. The second-order valence-corrected chi connectivity index (χ2v) is 5.85. The predicted molar refractivity (Wildman–Crippen MR) is 104 cm³/mol. The third kappa shape index (κ3) is 4.45. The molecule has 0 aliphatic carbocycles. The standard InChI is InChI=1S/C19H17ClN4O3/c1-26-16-6-4-3-5-13(16)24-19(25)15-10-22-18(11-21-15)23-14-9-12(20)7-8-17(14)27-2/h3-11H,1-2H3,(H,22,23)(H,24,25). The maximum absolute atomic E-state index is 12.4. The first-order valence-electron chi connectivity index (χ1n) is 7.97. The lowest BCUT2D eigenvalue weighted by Crippen LogP contribution is -2.14. The molecule has 0 radical (unpaired) electrons. The van der Waals surface area contributed by atoms with E-state index in [2.05, 4.69) is 20.6 Å². The number of carbonyl (C=O) groups excluding carboxylic acids is 1. The Morgan fingerprint density at radius 2 is 1.70 bits per heavy atom. The summed E-state index contributed by atoms with van der Waals surface area (Å²) >= 11 is 6.01. The number of aromatic nitrogens is 2. The van der Waals surface area contributed by atoms with Gasteiger partial charge in [0.2, 0.25) is 0 Å². The highest BCUT2D eigenvalue weighted by atomic mass is 35.5. The highest BCUT2D eigenvalue weighted by Gasteiger charge is 2.12. The van der Waals surface area contributed by atoms with Crippen LogP contribution in [0.3, 0.4) is 0 Å². The summed E-state index contributed by atoms with van der Waals surface area (Å²) in [4.78, 5) is 20.7. The molecule has 1 amide bonds. The topological polar surface area (TPSA) is 85.4 Å². The van der Waals surface area contributed by atoms with Crippen molar-refractivity contribution in [1.29, 1.82) is 0 Å². The van der Waals surface area contributed by atoms with Crippen LogP contribution in [0.1, 0.15) is 10.5 Å². The van der Waals surface area contributed by atoms with Gasteiger partial charge in [0.25, 0.3) is 5.91 Å². The second-order valence-electron chi connectivity index (χ2n) is 5.41. The molecule has 3 rings (SSSR count). The molecule has 3 aromatic rings. The predicted octanol–water partition coefficient (Wildman–Crippen LogP) is 4.14. The van der Waals surface area contributed by atoms with Crippen molar-refractivity contribution in [2.45, 2.75) is 0 Å². The zero-order chi connectivity index (χ0) is 19.2. The summed E-state index contributed by atoms with van der Waals surface area (Å²) in [6.07, 6.45) is 2.83. The molecule has 27 heavy (non-hydrogen) atoms. The van der Waals surface area contributed by atoms with Crippen molar-refractivity contribution in [1.82, 2.24) is 9.97 Å². The molecule has 0 saturated heterocycles. The van der Waals surface area contributed by atoms with Crippen LogP contribution in [-0.4, -0.2) is 30.1 Å². The van der Waals surface area contributed by atoms with E-state index in [1.54, 1.807) is 43.5 Å². The fourth-order valence-corrected chi connectivity index (χ4v) is 2.53. The van der Waals surface area contributed by atoms with Gasteiger partial charge >= 0.3 is 0 Å². The molecule has 138 valence electrons. The van der Waals surface area contributed by atoms with Crippen LogP contribution in [0.15, 0.2) is 54.9 Å². The summed E-state index contributed by atoms with van der Waals surface area (Å²) in [5, 5.41) is 6.37. The van der Waals surface area contributed by atoms with E-state index < -0.39 is 0 Å². The fourth-order valence-electron chi connectivity index (χ4n) is 2.36. The van der Waals surface area contributed by atoms with E-state index in [4.69, 9.17) is 21.1 Å². The van der Waals surface area contributed by atoms with Gasteiger partial charge in [-0.3, -0.25) is 4.79 Å². The molecule has 8 heteroatoms. The van der Waals surface area contributed by atoms with Gasteiger partial charge in [-0.05, 0) is 30.3 Å². The number of para-hydroxylation sites is 2. The zero-order valence-corrected chi connectivity index (χ0v) is 15.4. The normalized spacial score (nSPS) is 10.2. The SMILES string of the molecule is COc1ccccc1NC(=O)c1cnc(Nc2cc(Cl)ccc2OC)cn1. The van der Waals surface area contributed by atoms with Gasteiger partial charge in [-0.1, -0.05) is 23.7 Å². The van der Waals surface area contributed by atoms with Crippen molar-refractivity contribution in [2.75, 3.05) is 24.9 Å². The number of halogens is 1. The second kappa shape index (κ2) is 8.37. The Labute approximate surface area is 161 Å². The molecule has 2 aromatic carbocycles. The number of amides is 1. The maximum atomic E-state index is 12.4. The van der Waals surface area contributed by atoms with Crippen LogP contribution in [0.4, 0.5) is 17.2 Å². The lowest BCUT2D eigenvalue weighted by molar-refractivity contribution is 0.102. The van der Waals surface area contributed by atoms with Gasteiger partial charge in [0, 0.05) is 5.02 Å². The van der Waals surface area contributed by atoms with Crippen LogP contribution in [0, 0.1) is 0 Å². The number of methoxy groups -OCH3 is 2. The molecular weight excluding hydrogens is 368 g/mol. The summed E-state index contributed by atoms with van der Waals surface area (Å²) in [6.45, 7) is 0. The van der Waals surface area contributed by atoms with Crippen LogP contribution in [0.5, 0.6) is 11.5 Å². The van der Waals surface area contributed by atoms with Gasteiger partial charge in [0.1, 0.15) is 23.0 Å². The Kier molecular flexibility index (Phi) is 5.73. The van der Waals surface area contributed by atoms with E-state index in [0.717, 1.165) is 0 Å². The Morgan fingerprint density at radius 1 is 0.963 bits per heavy atom. The van der Waals surface area contributed by atoms with Crippen molar-refractivity contribution >= 4 is 34.7 Å². The summed E-state index contributed by atoms with van der Waals surface area (Å²) in [5.74, 6) is 1.23. The van der Waals surface area contributed by atoms with Crippen molar-refractivity contribution in [3.63, 3.8) is 0 Å². The van der Waals surface area contributed by atoms with E-state index in [9.17, 15) is 4.79 Å². The van der Waals surface area contributed by atoms with Crippen LogP contribution in [-0.2, 0) is 0 Å². The Morgan fingerprint density at radius 3 is 2.41 bits per heavy atom. The summed E-state index contributed by atoms with van der Waals surface area (Å²) in [7, 11) is 3.10. The number of nitrogens with one attached hydrogen (secondary N) is 2. The summed E-state index contributed by atoms with van der Waals surface area (Å²) < 4.78 is 10.5. The van der Waals surface area contributed by atoms with Crippen LogP contribution >= 0.6 is 11.6 Å². The van der Waals surface area contributed by atoms with Gasteiger partial charge in [-0.25, -0.2) is 9.97 Å². The van der Waals surface area contributed by atoms with Gasteiger partial charge in [-0.15, -0.1) is 0 Å². The minimum atomic E-state index is -0.390. The number of hydrogen-bond donors (Lipinski definition) is 2. The van der Waals surface area contributed by atoms with E-state index in [-0.39, 0.29) is 11.6 Å². The molecule has 0 fully saturated rings. The lowest BCUT2D eigenvalue weighted by atomic mass is 10.3. The van der Waals surface area contributed by atoms with Crippen LogP contribution in [0.2, 0.25) is 5.02 Å². The number of nitrogens with zero attached hydrogens (tertiary/aromatic N) is 2. The first-order valence-corrected chi connectivity index (χ1v) is 8.35. The van der Waals surface area contributed by atoms with E-state index >= 15 is 0 Å². The molecule has 0 unspecified atom stereocenters. The lowest BCUT2D eigenvalue weighted by Gasteiger charge is -2.11. The summed E-state index contributed by atoms with van der Waals surface area (Å²) in [5.41, 5.74) is 1.37. The molecule has 7 nitrogen and oxygen atoms in total. The number of anilines is 3. The molecular formula is C19H17ClN4O3. The molecule has 0 aliphatic heterocycles. The number of ether oxygens (including phenoxy) is 2. The summed E-state index contributed by atoms with van der Waals surface area (Å²) in [6, 6.07) is 12.3. The van der Waals surface area contributed by atoms with Crippen molar-refractivity contribution in [2.24, 2.45) is 0 Å². The van der Waals surface area contributed by atoms with Gasteiger partial charge in [0.05, 0.1) is 38.0 Å². The monoisotopic (exact) mass is 384 g/mol. The van der Waals surface area contributed by atoms with E-state index in [0.29, 0.717) is 33.7 Å². The number of hydrogen-bond acceptors (Lipinski definition) is 6. The average molecular weight is 385 g/mol. The fraction of sp³-hybridized carbons (Fsp3) is 0.105. The Balaban J connectivity index is 1.73. The third-order valence-corrected chi connectivity index (χ3v) is 3.90. The molecule has 1 aromatic heterocycles. The molecule has 0 bridgehead atoms. The molecule has 0 saturated carbocycles. The van der Waals surface area contributed by atoms with Gasteiger partial charge in [0.15, 0.2) is 0 Å². The van der Waals surface area contributed by atoms with Crippen molar-refractivity contribution < 1.29 is 14.3 Å². The maximum Gasteiger partial charge on any atom is 0.275 e. The van der Waals surface area contributed by atoms with Crippen molar-refractivity contribution in [3.05, 3.63) is 65.6 Å². The minimum absolute atomic E-state index is 0.171. The van der Waals surface area contributed by atoms with Crippen molar-refractivity contribution in [3.8, 4) is 11.5 Å². The molecule has 0 atom stereocenters. The first kappa shape index (κ1) is 18.5. The van der Waals surface area contributed by atoms with Crippen LogP contribution in [0.25, 0.3) is 0 Å². The molecule has 0 spiro atoms. The number of rotatable bonds is 6. The van der Waals surface area contributed by atoms with E-state index in [1.807, 2.05) is 6.07 Å². The van der Waals surface area contributed by atoms with Gasteiger partial charge in [-0.2, -0.15) is 0 Å². The highest BCUT2D eigenvalue weighted by molar-refractivity contribution is 6.31. The largest absolute Gasteiger partial charge is 0.495 e. The molecule has 2 N–H and O–H groups in total. The Bertz CT molecular complexity index is 948. The Hall–Kier alpha value is -3.32. The third-order valence-electron chi connectivity index (χ3n) is 3.66. The smallest absolute Gasteiger partial charge is 0.275 e. The van der Waals surface area contributed by atoms with Gasteiger partial charge < -0.3 is 20.1 Å². The quantitative estimate of drug-likeness (QED) is 0.664.